The summed E-state index contributed by atoms with van der Waals surface area (Å²) in [6, 6.07) is 0. The molecule has 0 amide bonds. The number of aromatic nitrogens is 5. The normalized spacial score (nSPS) is 17.4. The van der Waals surface area contributed by atoms with E-state index in [1.807, 2.05) is 6.20 Å². The molecule has 0 saturated carbocycles. The van der Waals surface area contributed by atoms with Crippen LogP contribution in [0.2, 0.25) is 0 Å². The monoisotopic (exact) mass is 572 g/mol. The average molecular weight is 573 g/mol. The van der Waals surface area contributed by atoms with Crippen LogP contribution in [-0.4, -0.2) is 93.4 Å². The highest BCUT2D eigenvalue weighted by Gasteiger charge is 2.27. The van der Waals surface area contributed by atoms with Gasteiger partial charge in [-0.05, 0) is 57.8 Å². The van der Waals surface area contributed by atoms with Crippen molar-refractivity contribution in [2.75, 3.05) is 38.6 Å². The predicted octanol–water partition coefficient (Wildman–Crippen LogP) is 2.50. The molecule has 0 N–H and O–H groups in total. The van der Waals surface area contributed by atoms with Gasteiger partial charge in [0.1, 0.15) is 37.3 Å². The number of hydrogen-bond donors (Lipinski definition) is 0. The van der Waals surface area contributed by atoms with E-state index in [0.29, 0.717) is 32.4 Å². The summed E-state index contributed by atoms with van der Waals surface area (Å²) < 4.78 is 46.0. The van der Waals surface area contributed by atoms with Crippen LogP contribution < -0.4 is 0 Å². The van der Waals surface area contributed by atoms with E-state index in [2.05, 4.69) is 36.1 Å². The van der Waals surface area contributed by atoms with Crippen molar-refractivity contribution in [1.82, 2.24) is 24.5 Å². The molecule has 220 valence electrons. The molecule has 2 unspecified atom stereocenters. The molecule has 1 aliphatic rings. The molecular formula is C24H42N7O7S+. The molecular weight excluding hydrogens is 530 g/mol. The molecule has 2 aromatic heterocycles. The third kappa shape index (κ3) is 9.60. The van der Waals surface area contributed by atoms with E-state index in [4.69, 9.17) is 13.7 Å². The molecule has 1 aliphatic heterocycles. The number of hydrogen-bond acceptors (Lipinski definition) is 10. The molecule has 3 rings (SSSR count). The lowest BCUT2D eigenvalue weighted by Gasteiger charge is -2.34. The van der Waals surface area contributed by atoms with Crippen molar-refractivity contribution in [3.63, 3.8) is 0 Å². The van der Waals surface area contributed by atoms with Crippen LogP contribution in [0, 0.1) is 10.1 Å². The van der Waals surface area contributed by atoms with Crippen molar-refractivity contribution in [3.05, 3.63) is 34.4 Å². The first kappa shape index (κ1) is 31.1. The zero-order chi connectivity index (χ0) is 28.3. The van der Waals surface area contributed by atoms with Crippen molar-refractivity contribution in [1.29, 1.82) is 0 Å². The van der Waals surface area contributed by atoms with E-state index in [1.54, 1.807) is 4.68 Å². The number of unbranched alkanes of at least 4 members (excludes halogenated alkanes) is 1. The van der Waals surface area contributed by atoms with Crippen molar-refractivity contribution in [2.24, 2.45) is 0 Å². The van der Waals surface area contributed by atoms with Gasteiger partial charge in [0.25, 0.3) is 10.1 Å². The Kier molecular flexibility index (Phi) is 11.8. The lowest BCUT2D eigenvalue weighted by atomic mass is 10.2. The van der Waals surface area contributed by atoms with E-state index in [9.17, 15) is 18.5 Å². The van der Waals surface area contributed by atoms with Gasteiger partial charge >= 0.3 is 5.95 Å². The van der Waals surface area contributed by atoms with E-state index < -0.39 is 27.4 Å². The number of nitrogens with zero attached hydrogens (tertiary/aromatic N) is 7. The summed E-state index contributed by atoms with van der Waals surface area (Å²) in [5.74, 6) is -0.510. The molecule has 3 heterocycles. The maximum absolute atomic E-state index is 12.6. The smallest absolute Gasteiger partial charge is 0.390 e. The summed E-state index contributed by atoms with van der Waals surface area (Å²) in [6.07, 6.45) is 6.90. The summed E-state index contributed by atoms with van der Waals surface area (Å²) >= 11 is 0. The highest BCUT2D eigenvalue weighted by Crippen LogP contribution is 2.19. The quantitative estimate of drug-likeness (QED) is 0.0856. The van der Waals surface area contributed by atoms with E-state index >= 15 is 0 Å². The molecule has 1 fully saturated rings. The van der Waals surface area contributed by atoms with Crippen LogP contribution in [0.1, 0.15) is 58.6 Å². The van der Waals surface area contributed by atoms with Crippen LogP contribution in [0.25, 0.3) is 0 Å². The first-order valence-electron chi connectivity index (χ1n) is 13.7. The molecule has 0 aliphatic carbocycles. The number of imidazole rings is 1. The Balaban J connectivity index is 1.48. The summed E-state index contributed by atoms with van der Waals surface area (Å²) in [7, 11) is -3.83. The van der Waals surface area contributed by atoms with E-state index in [-0.39, 0.29) is 24.9 Å². The summed E-state index contributed by atoms with van der Waals surface area (Å²) in [5, 5.41) is 19.7. The van der Waals surface area contributed by atoms with Crippen molar-refractivity contribution in [2.45, 2.75) is 84.9 Å². The summed E-state index contributed by atoms with van der Waals surface area (Å²) in [5.41, 5.74) is 0.933. The van der Waals surface area contributed by atoms with Gasteiger partial charge in [-0.2, -0.15) is 8.42 Å². The lowest BCUT2D eigenvalue weighted by Crippen LogP contribution is -2.46. The van der Waals surface area contributed by atoms with Gasteiger partial charge in [-0.1, -0.05) is 10.2 Å². The highest BCUT2D eigenvalue weighted by atomic mass is 32.2. The van der Waals surface area contributed by atoms with Gasteiger partial charge < -0.3 is 24.1 Å². The topological polar surface area (TPSA) is 154 Å². The third-order valence-electron chi connectivity index (χ3n) is 7.30. The molecule has 1 saturated heterocycles. The predicted molar refractivity (Wildman–Crippen MR) is 142 cm³/mol. The molecule has 2 atom stereocenters. The third-order valence-corrected chi connectivity index (χ3v) is 8.58. The summed E-state index contributed by atoms with van der Waals surface area (Å²) in [6.45, 7) is 11.3. The molecule has 39 heavy (non-hydrogen) atoms. The number of rotatable bonds is 18. The maximum Gasteiger partial charge on any atom is 0.434 e. The standard InChI is InChI=1S/C24H42N7O7S/c1-4-31(5-2,6-3)19-21-17-29(27-26-21)13-8-10-16-39(34,35)37-20-22(38-23-11-7-9-15-36-23)18-28-14-12-25-24(28)30(32)33/h12,14,17,22-23H,4-11,13,15-16,18-20H2,1-3H3/q+1. The number of quaternary nitrogens is 1. The van der Waals surface area contributed by atoms with Crippen molar-refractivity contribution in [3.8, 4) is 0 Å². The minimum Gasteiger partial charge on any atom is -0.390 e. The van der Waals surface area contributed by atoms with Crippen LogP contribution in [0.15, 0.2) is 18.6 Å². The molecule has 15 heteroatoms. The molecule has 0 radical (unpaired) electrons. The van der Waals surface area contributed by atoms with Crippen LogP contribution in [-0.2, 0) is 43.4 Å². The Hall–Kier alpha value is -2.46. The molecule has 14 nitrogen and oxygen atoms in total. The Morgan fingerprint density at radius 1 is 1.23 bits per heavy atom. The number of ether oxygens (including phenoxy) is 2. The first-order chi connectivity index (χ1) is 18.7. The fraction of sp³-hybridized carbons (Fsp3) is 0.792. The second kappa shape index (κ2) is 14.8. The van der Waals surface area contributed by atoms with Crippen LogP contribution in [0.5, 0.6) is 0 Å². The average Bonchev–Trinajstić information content (AvgIpc) is 3.58. The zero-order valence-corrected chi connectivity index (χ0v) is 24.0. The van der Waals surface area contributed by atoms with Gasteiger partial charge in [-0.15, -0.1) is 5.10 Å². The Morgan fingerprint density at radius 3 is 2.67 bits per heavy atom. The fourth-order valence-electron chi connectivity index (χ4n) is 4.66. The molecule has 2 aromatic rings. The first-order valence-corrected chi connectivity index (χ1v) is 15.3. The minimum atomic E-state index is -3.83. The highest BCUT2D eigenvalue weighted by molar-refractivity contribution is 7.86. The van der Waals surface area contributed by atoms with Gasteiger partial charge in [-0.25, -0.2) is 4.57 Å². The maximum atomic E-state index is 12.6. The van der Waals surface area contributed by atoms with Gasteiger partial charge in [0.05, 0.1) is 38.2 Å². The molecule has 0 aromatic carbocycles. The Labute approximate surface area is 230 Å². The Morgan fingerprint density at radius 2 is 2.00 bits per heavy atom. The largest absolute Gasteiger partial charge is 0.434 e. The van der Waals surface area contributed by atoms with E-state index in [0.717, 1.165) is 49.2 Å². The second-order valence-electron chi connectivity index (χ2n) is 9.87. The van der Waals surface area contributed by atoms with Gasteiger partial charge in [0.15, 0.2) is 6.29 Å². The Bertz CT molecular complexity index is 1120. The van der Waals surface area contributed by atoms with Crippen LogP contribution >= 0.6 is 0 Å². The fourth-order valence-corrected chi connectivity index (χ4v) is 5.70. The van der Waals surface area contributed by atoms with Gasteiger partial charge in [0.2, 0.25) is 0 Å². The van der Waals surface area contributed by atoms with Gasteiger partial charge in [0, 0.05) is 13.2 Å². The van der Waals surface area contributed by atoms with Crippen LogP contribution in [0.3, 0.4) is 0 Å². The minimum absolute atomic E-state index is 0.00835. The lowest BCUT2D eigenvalue weighted by molar-refractivity contribution is -0.936. The number of aryl methyl sites for hydroxylation is 1. The zero-order valence-electron chi connectivity index (χ0n) is 23.2. The molecule has 0 spiro atoms. The summed E-state index contributed by atoms with van der Waals surface area (Å²) in [4.78, 5) is 14.4. The number of nitro groups is 1. The molecule has 0 bridgehead atoms. The second-order valence-corrected chi connectivity index (χ2v) is 11.6. The SMILES string of the molecule is CC[N+](CC)(CC)Cc1cn(CCCCS(=O)(=O)OCC(Cn2ccnc2[N+](=O)[O-])OC2CCCCO2)nn1. The van der Waals surface area contributed by atoms with Crippen molar-refractivity contribution >= 4 is 16.1 Å². The van der Waals surface area contributed by atoms with Crippen molar-refractivity contribution < 1.29 is 31.5 Å². The van der Waals surface area contributed by atoms with E-state index in [1.165, 1.54) is 17.0 Å². The van der Waals surface area contributed by atoms with Gasteiger partial charge in [-0.3, -0.25) is 8.86 Å². The van der Waals surface area contributed by atoms with Crippen LogP contribution in [0.4, 0.5) is 5.95 Å².